The lowest BCUT2D eigenvalue weighted by Crippen LogP contribution is -2.27. The Morgan fingerprint density at radius 3 is 3.00 bits per heavy atom. The quantitative estimate of drug-likeness (QED) is 0.416. The molecular weight excluding hydrogens is 188 g/mol. The van der Waals surface area contributed by atoms with Gasteiger partial charge in [-0.1, -0.05) is 5.11 Å². The fraction of sp³-hybridized carbons (Fsp3) is 0.857. The molecule has 0 aromatic carbocycles. The number of hydrogen-bond donors (Lipinski definition) is 1. The highest BCUT2D eigenvalue weighted by Crippen LogP contribution is 2.20. The van der Waals surface area contributed by atoms with Crippen molar-refractivity contribution in [2.24, 2.45) is 11.0 Å². The molecule has 7 nitrogen and oxygen atoms in total. The molecule has 1 aliphatic heterocycles. The molecule has 1 aliphatic rings. The smallest absolute Gasteiger partial charge is 0.407 e. The molecule has 1 amide bonds. The molecule has 1 rings (SSSR count). The topological polar surface area (TPSA) is 98.5 Å². The monoisotopic (exact) mass is 200 g/mol. The number of methoxy groups -OCH3 is 1. The average Bonchev–Trinajstić information content (AvgIpc) is 2.50. The summed E-state index contributed by atoms with van der Waals surface area (Å²) in [5.74, 6) is -0.0352. The average molecular weight is 200 g/mol. The third-order valence-electron chi connectivity index (χ3n) is 2.26. The Morgan fingerprint density at radius 1 is 1.79 bits per heavy atom. The first-order chi connectivity index (χ1) is 6.69. The van der Waals surface area contributed by atoms with E-state index in [0.29, 0.717) is 13.2 Å². The molecule has 0 spiro atoms. The largest absolute Gasteiger partial charge is 0.465 e. The molecule has 7 heteroatoms. The van der Waals surface area contributed by atoms with E-state index in [1.54, 1.807) is 0 Å². The summed E-state index contributed by atoms with van der Waals surface area (Å²) >= 11 is 0. The van der Waals surface area contributed by atoms with Crippen molar-refractivity contribution >= 4 is 6.09 Å². The molecular formula is C7H12N4O3. The van der Waals surface area contributed by atoms with Crippen LogP contribution in [0.25, 0.3) is 10.4 Å². The molecule has 0 bridgehead atoms. The van der Waals surface area contributed by atoms with Gasteiger partial charge in [-0.2, -0.15) is 0 Å². The molecule has 0 unspecified atom stereocenters. The molecule has 0 aromatic rings. The minimum absolute atomic E-state index is 0.0352. The molecule has 0 radical (unpaired) electrons. The van der Waals surface area contributed by atoms with Crippen LogP contribution in [-0.2, 0) is 4.74 Å². The van der Waals surface area contributed by atoms with Gasteiger partial charge < -0.3 is 14.7 Å². The standard InChI is InChI=1S/C7H12N4O3/c1-14-4-5-2-11(7(12)13)3-6(5)9-10-8/h5-6H,2-4H2,1H3,(H,12,13)/t5-,6-/m0/s1. The van der Waals surface area contributed by atoms with Crippen molar-refractivity contribution in [3.05, 3.63) is 10.4 Å². The Kier molecular flexibility index (Phi) is 3.55. The first kappa shape index (κ1) is 10.6. The van der Waals surface area contributed by atoms with E-state index < -0.39 is 6.09 Å². The van der Waals surface area contributed by atoms with Crippen molar-refractivity contribution in [3.63, 3.8) is 0 Å². The summed E-state index contributed by atoms with van der Waals surface area (Å²) in [5.41, 5.74) is 8.29. The third kappa shape index (κ3) is 2.27. The van der Waals surface area contributed by atoms with Crippen LogP contribution in [0.3, 0.4) is 0 Å². The number of amides is 1. The van der Waals surface area contributed by atoms with Gasteiger partial charge in [-0.25, -0.2) is 4.79 Å². The fourth-order valence-electron chi connectivity index (χ4n) is 1.59. The van der Waals surface area contributed by atoms with Crippen LogP contribution in [0.2, 0.25) is 0 Å². The van der Waals surface area contributed by atoms with Crippen LogP contribution in [0.1, 0.15) is 0 Å². The number of carboxylic acid groups (broad SMARTS) is 1. The SMILES string of the molecule is COC[C@@H]1CN(C(=O)O)C[C@@H]1N=[N+]=[N-]. The fourth-order valence-corrected chi connectivity index (χ4v) is 1.59. The zero-order valence-electron chi connectivity index (χ0n) is 7.83. The molecule has 0 saturated carbocycles. The van der Waals surface area contributed by atoms with Gasteiger partial charge in [0.15, 0.2) is 0 Å². The number of nitrogens with zero attached hydrogens (tertiary/aromatic N) is 4. The second-order valence-electron chi connectivity index (χ2n) is 3.18. The first-order valence-corrected chi connectivity index (χ1v) is 4.20. The van der Waals surface area contributed by atoms with Gasteiger partial charge in [0.05, 0.1) is 12.6 Å². The van der Waals surface area contributed by atoms with Gasteiger partial charge in [0.25, 0.3) is 0 Å². The molecule has 1 heterocycles. The Balaban J connectivity index is 2.64. The highest BCUT2D eigenvalue weighted by molar-refractivity contribution is 5.65. The van der Waals surface area contributed by atoms with Crippen molar-refractivity contribution in [2.45, 2.75) is 6.04 Å². The minimum atomic E-state index is -0.984. The van der Waals surface area contributed by atoms with Gasteiger partial charge >= 0.3 is 6.09 Å². The van der Waals surface area contributed by atoms with Crippen molar-refractivity contribution in [2.75, 3.05) is 26.8 Å². The van der Waals surface area contributed by atoms with Crippen molar-refractivity contribution in [1.29, 1.82) is 0 Å². The summed E-state index contributed by atoms with van der Waals surface area (Å²) in [7, 11) is 1.54. The summed E-state index contributed by atoms with van der Waals surface area (Å²) in [4.78, 5) is 14.6. The second kappa shape index (κ2) is 4.69. The van der Waals surface area contributed by atoms with E-state index in [-0.39, 0.29) is 18.5 Å². The molecule has 14 heavy (non-hydrogen) atoms. The van der Waals surface area contributed by atoms with Gasteiger partial charge in [0, 0.05) is 31.0 Å². The Bertz CT molecular complexity index is 264. The molecule has 0 aromatic heterocycles. The summed E-state index contributed by atoms with van der Waals surface area (Å²) in [6.07, 6.45) is -0.984. The lowest BCUT2D eigenvalue weighted by molar-refractivity contribution is 0.137. The zero-order chi connectivity index (χ0) is 10.6. The number of azide groups is 1. The number of hydrogen-bond acceptors (Lipinski definition) is 3. The molecule has 1 fully saturated rings. The van der Waals surface area contributed by atoms with Crippen LogP contribution in [0.5, 0.6) is 0 Å². The molecule has 0 aliphatic carbocycles. The Hall–Kier alpha value is -1.46. The van der Waals surface area contributed by atoms with E-state index in [0.717, 1.165) is 0 Å². The van der Waals surface area contributed by atoms with Crippen LogP contribution in [0.15, 0.2) is 5.11 Å². The van der Waals surface area contributed by atoms with Gasteiger partial charge in [0.2, 0.25) is 0 Å². The lowest BCUT2D eigenvalue weighted by Gasteiger charge is -2.11. The van der Waals surface area contributed by atoms with E-state index in [2.05, 4.69) is 10.0 Å². The van der Waals surface area contributed by atoms with Gasteiger partial charge in [-0.05, 0) is 5.53 Å². The van der Waals surface area contributed by atoms with E-state index in [4.69, 9.17) is 15.4 Å². The second-order valence-corrected chi connectivity index (χ2v) is 3.18. The summed E-state index contributed by atoms with van der Waals surface area (Å²) < 4.78 is 4.93. The van der Waals surface area contributed by atoms with E-state index in [9.17, 15) is 4.79 Å². The first-order valence-electron chi connectivity index (χ1n) is 4.20. The predicted octanol–water partition coefficient (Wildman–Crippen LogP) is 0.921. The zero-order valence-corrected chi connectivity index (χ0v) is 7.83. The maximum Gasteiger partial charge on any atom is 0.407 e. The number of likely N-dealkylation sites (tertiary alicyclic amines) is 1. The van der Waals surface area contributed by atoms with E-state index in [1.165, 1.54) is 12.0 Å². The molecule has 2 atom stereocenters. The summed E-state index contributed by atoms with van der Waals surface area (Å²) in [6.45, 7) is 1.04. The van der Waals surface area contributed by atoms with Crippen LogP contribution in [0, 0.1) is 5.92 Å². The maximum absolute atomic E-state index is 10.7. The predicted molar refractivity (Wildman–Crippen MR) is 47.9 cm³/mol. The van der Waals surface area contributed by atoms with Crippen LogP contribution >= 0.6 is 0 Å². The lowest BCUT2D eigenvalue weighted by atomic mass is 10.1. The Labute approximate surface area is 80.9 Å². The third-order valence-corrected chi connectivity index (χ3v) is 2.26. The number of carbonyl (C=O) groups is 1. The van der Waals surface area contributed by atoms with Crippen molar-refractivity contribution in [1.82, 2.24) is 4.90 Å². The van der Waals surface area contributed by atoms with Gasteiger partial charge in [-0.15, -0.1) is 0 Å². The summed E-state index contributed by atoms with van der Waals surface area (Å²) in [5, 5.41) is 12.3. The van der Waals surface area contributed by atoms with Gasteiger partial charge in [-0.3, -0.25) is 0 Å². The Morgan fingerprint density at radius 2 is 2.50 bits per heavy atom. The van der Waals surface area contributed by atoms with Crippen LogP contribution in [0.4, 0.5) is 4.79 Å². The molecule has 1 saturated heterocycles. The highest BCUT2D eigenvalue weighted by atomic mass is 16.5. The van der Waals surface area contributed by atoms with Crippen LogP contribution < -0.4 is 0 Å². The normalized spacial score (nSPS) is 25.9. The van der Waals surface area contributed by atoms with Gasteiger partial charge in [0.1, 0.15) is 0 Å². The van der Waals surface area contributed by atoms with Crippen molar-refractivity contribution < 1.29 is 14.6 Å². The minimum Gasteiger partial charge on any atom is -0.465 e. The molecule has 78 valence electrons. The highest BCUT2D eigenvalue weighted by Gasteiger charge is 2.34. The van der Waals surface area contributed by atoms with Crippen LogP contribution in [-0.4, -0.2) is 48.9 Å². The van der Waals surface area contributed by atoms with E-state index in [1.807, 2.05) is 0 Å². The van der Waals surface area contributed by atoms with Crippen molar-refractivity contribution in [3.8, 4) is 0 Å². The molecule has 1 N–H and O–H groups in total. The maximum atomic E-state index is 10.7. The summed E-state index contributed by atoms with van der Waals surface area (Å²) in [6, 6.07) is -0.309. The number of rotatable bonds is 3. The number of ether oxygens (including phenoxy) is 1. The van der Waals surface area contributed by atoms with E-state index >= 15 is 0 Å².